The molecule has 2 rings (SSSR count). The number of piperidine rings is 1. The molecule has 1 unspecified atom stereocenters. The molecule has 0 aliphatic carbocycles. The van der Waals surface area contributed by atoms with Crippen LogP contribution in [0.3, 0.4) is 0 Å². The maximum absolute atomic E-state index is 4.16. The van der Waals surface area contributed by atoms with Gasteiger partial charge in [-0.3, -0.25) is 0 Å². The summed E-state index contributed by atoms with van der Waals surface area (Å²) >= 11 is 3.36. The fraction of sp³-hybridized carbons (Fsp3) is 0.714. The van der Waals surface area contributed by atoms with Gasteiger partial charge in [0.15, 0.2) is 4.73 Å². The maximum atomic E-state index is 4.16. The molecule has 66 valence electrons. The van der Waals surface area contributed by atoms with E-state index < -0.39 is 0 Å². The molecule has 0 spiro atoms. The van der Waals surface area contributed by atoms with Crippen LogP contribution in [-0.2, 0) is 0 Å². The van der Waals surface area contributed by atoms with Gasteiger partial charge in [0.05, 0.1) is 6.04 Å². The highest BCUT2D eigenvalue weighted by atomic mass is 79.9. The Bertz CT molecular complexity index is 254. The van der Waals surface area contributed by atoms with Crippen LogP contribution in [0.2, 0.25) is 0 Å². The number of halogens is 1. The summed E-state index contributed by atoms with van der Waals surface area (Å²) in [7, 11) is 0. The lowest BCUT2D eigenvalue weighted by Gasteiger charge is -2.22. The van der Waals surface area contributed by atoms with E-state index in [1.807, 2.05) is 4.68 Å². The highest BCUT2D eigenvalue weighted by molar-refractivity contribution is 9.10. The van der Waals surface area contributed by atoms with E-state index in [1.165, 1.54) is 12.8 Å². The average molecular weight is 231 g/mol. The van der Waals surface area contributed by atoms with Crippen LogP contribution >= 0.6 is 15.9 Å². The summed E-state index contributed by atoms with van der Waals surface area (Å²) in [6.45, 7) is 2.13. The Morgan fingerprint density at radius 3 is 3.17 bits per heavy atom. The molecule has 0 bridgehead atoms. The second-order valence-electron chi connectivity index (χ2n) is 2.97. The molecule has 12 heavy (non-hydrogen) atoms. The van der Waals surface area contributed by atoms with Crippen molar-refractivity contribution in [2.75, 3.05) is 13.1 Å². The van der Waals surface area contributed by atoms with E-state index >= 15 is 0 Å². The zero-order valence-electron chi connectivity index (χ0n) is 6.70. The van der Waals surface area contributed by atoms with Gasteiger partial charge >= 0.3 is 0 Å². The molecular weight excluding hydrogens is 220 g/mol. The van der Waals surface area contributed by atoms with E-state index in [-0.39, 0.29) is 0 Å². The van der Waals surface area contributed by atoms with E-state index in [0.717, 1.165) is 17.8 Å². The lowest BCUT2D eigenvalue weighted by atomic mass is 10.1. The second kappa shape index (κ2) is 3.53. The first-order valence-electron chi connectivity index (χ1n) is 4.13. The smallest absolute Gasteiger partial charge is 0.195 e. The van der Waals surface area contributed by atoms with Crippen molar-refractivity contribution in [2.45, 2.75) is 18.9 Å². The Balaban J connectivity index is 2.13. The first-order valence-corrected chi connectivity index (χ1v) is 4.93. The SMILES string of the molecule is Brc1ncnn1C1CCCNC1. The van der Waals surface area contributed by atoms with E-state index in [0.29, 0.717) is 6.04 Å². The molecule has 1 saturated heterocycles. The number of rotatable bonds is 1. The topological polar surface area (TPSA) is 42.7 Å². The van der Waals surface area contributed by atoms with E-state index in [9.17, 15) is 0 Å². The number of nitrogens with zero attached hydrogens (tertiary/aromatic N) is 3. The van der Waals surface area contributed by atoms with Crippen LogP contribution in [-0.4, -0.2) is 27.9 Å². The van der Waals surface area contributed by atoms with E-state index in [1.54, 1.807) is 6.33 Å². The molecule has 1 aromatic heterocycles. The third-order valence-electron chi connectivity index (χ3n) is 2.15. The van der Waals surface area contributed by atoms with Crippen LogP contribution in [0, 0.1) is 0 Å². The highest BCUT2D eigenvalue weighted by Crippen LogP contribution is 2.18. The Labute approximate surface area is 79.5 Å². The van der Waals surface area contributed by atoms with Crippen molar-refractivity contribution < 1.29 is 0 Å². The molecule has 1 fully saturated rings. The molecular formula is C7H11BrN4. The Morgan fingerprint density at radius 1 is 1.67 bits per heavy atom. The zero-order chi connectivity index (χ0) is 8.39. The second-order valence-corrected chi connectivity index (χ2v) is 3.68. The normalized spacial score (nSPS) is 24.2. The van der Waals surface area contributed by atoms with Crippen LogP contribution in [0.4, 0.5) is 0 Å². The lowest BCUT2D eigenvalue weighted by Crippen LogP contribution is -2.32. The number of nitrogens with one attached hydrogen (secondary N) is 1. The third-order valence-corrected chi connectivity index (χ3v) is 2.71. The molecule has 1 aliphatic rings. The Kier molecular flexibility index (Phi) is 2.41. The molecule has 0 amide bonds. The fourth-order valence-electron chi connectivity index (χ4n) is 1.52. The summed E-state index contributed by atoms with van der Waals surface area (Å²) in [4.78, 5) is 4.03. The largest absolute Gasteiger partial charge is 0.315 e. The van der Waals surface area contributed by atoms with E-state index in [2.05, 4.69) is 31.3 Å². The Hall–Kier alpha value is -0.420. The molecule has 1 atom stereocenters. The van der Waals surface area contributed by atoms with Crippen molar-refractivity contribution in [1.29, 1.82) is 0 Å². The summed E-state index contributed by atoms with van der Waals surface area (Å²) in [5.74, 6) is 0. The monoisotopic (exact) mass is 230 g/mol. The molecule has 0 saturated carbocycles. The van der Waals surface area contributed by atoms with Gasteiger partial charge in [-0.05, 0) is 35.3 Å². The van der Waals surface area contributed by atoms with Gasteiger partial charge in [0.25, 0.3) is 0 Å². The van der Waals surface area contributed by atoms with Crippen molar-refractivity contribution in [3.8, 4) is 0 Å². The molecule has 0 aromatic carbocycles. The molecule has 1 aromatic rings. The molecule has 1 aliphatic heterocycles. The number of hydrogen-bond acceptors (Lipinski definition) is 3. The van der Waals surface area contributed by atoms with Crippen molar-refractivity contribution >= 4 is 15.9 Å². The fourth-order valence-corrected chi connectivity index (χ4v) is 2.00. The van der Waals surface area contributed by atoms with Crippen LogP contribution < -0.4 is 5.32 Å². The van der Waals surface area contributed by atoms with Crippen molar-refractivity contribution in [3.05, 3.63) is 11.1 Å². The summed E-state index contributed by atoms with van der Waals surface area (Å²) in [6, 6.07) is 0.468. The van der Waals surface area contributed by atoms with Gasteiger partial charge in [-0.15, -0.1) is 0 Å². The van der Waals surface area contributed by atoms with Crippen molar-refractivity contribution in [2.24, 2.45) is 0 Å². The zero-order valence-corrected chi connectivity index (χ0v) is 8.29. The van der Waals surface area contributed by atoms with Gasteiger partial charge in [-0.25, -0.2) is 9.67 Å². The molecule has 4 nitrogen and oxygen atoms in total. The van der Waals surface area contributed by atoms with Crippen LogP contribution in [0.1, 0.15) is 18.9 Å². The van der Waals surface area contributed by atoms with Gasteiger partial charge in [0, 0.05) is 6.54 Å². The van der Waals surface area contributed by atoms with Crippen LogP contribution in [0.15, 0.2) is 11.1 Å². The summed E-state index contributed by atoms with van der Waals surface area (Å²) in [5, 5.41) is 7.50. The third kappa shape index (κ3) is 1.51. The molecule has 1 N–H and O–H groups in total. The minimum Gasteiger partial charge on any atom is -0.315 e. The van der Waals surface area contributed by atoms with Crippen molar-refractivity contribution in [3.63, 3.8) is 0 Å². The van der Waals surface area contributed by atoms with Gasteiger partial charge in [0.1, 0.15) is 6.33 Å². The molecule has 2 heterocycles. The van der Waals surface area contributed by atoms with E-state index in [4.69, 9.17) is 0 Å². The first-order chi connectivity index (χ1) is 5.88. The van der Waals surface area contributed by atoms with Gasteiger partial charge in [-0.1, -0.05) is 0 Å². The maximum Gasteiger partial charge on any atom is 0.195 e. The summed E-state index contributed by atoms with van der Waals surface area (Å²) < 4.78 is 2.77. The number of hydrogen-bond donors (Lipinski definition) is 1. The van der Waals surface area contributed by atoms with Gasteiger partial charge in [0.2, 0.25) is 0 Å². The average Bonchev–Trinajstić information content (AvgIpc) is 2.53. The quantitative estimate of drug-likeness (QED) is 0.782. The van der Waals surface area contributed by atoms with Gasteiger partial charge in [-0.2, -0.15) is 5.10 Å². The first kappa shape index (κ1) is 8.19. The summed E-state index contributed by atoms with van der Waals surface area (Å²) in [5.41, 5.74) is 0. The minimum atomic E-state index is 0.468. The molecule has 0 radical (unpaired) electrons. The number of aromatic nitrogens is 3. The standard InChI is InChI=1S/C7H11BrN4/c8-7-10-5-11-12(7)6-2-1-3-9-4-6/h5-6,9H,1-4H2. The molecule has 5 heteroatoms. The predicted molar refractivity (Wildman–Crippen MR) is 48.9 cm³/mol. The minimum absolute atomic E-state index is 0.468. The lowest BCUT2D eigenvalue weighted by molar-refractivity contribution is 0.341. The Morgan fingerprint density at radius 2 is 2.58 bits per heavy atom. The highest BCUT2D eigenvalue weighted by Gasteiger charge is 2.17. The summed E-state index contributed by atoms with van der Waals surface area (Å²) in [6.07, 6.45) is 3.99. The van der Waals surface area contributed by atoms with Gasteiger partial charge < -0.3 is 5.32 Å². The van der Waals surface area contributed by atoms with Crippen LogP contribution in [0.5, 0.6) is 0 Å². The van der Waals surface area contributed by atoms with Crippen molar-refractivity contribution in [1.82, 2.24) is 20.1 Å². The van der Waals surface area contributed by atoms with Crippen LogP contribution in [0.25, 0.3) is 0 Å². The predicted octanol–water partition coefficient (Wildman–Crippen LogP) is 0.965.